The highest BCUT2D eigenvalue weighted by Crippen LogP contribution is 2.23. The lowest BCUT2D eigenvalue weighted by atomic mass is 9.95. The maximum Gasteiger partial charge on any atom is 0.374 e. The first-order chi connectivity index (χ1) is 7.66. The fraction of sp³-hybridized carbons (Fsp3) is 0.545. The average molecular weight is 289 g/mol. The molecule has 2 atom stereocenters. The summed E-state index contributed by atoms with van der Waals surface area (Å²) in [5, 5.41) is 9.65. The highest BCUT2D eigenvalue weighted by molar-refractivity contribution is 9.10. The van der Waals surface area contributed by atoms with Crippen LogP contribution in [-0.4, -0.2) is 23.3 Å². The Balaban J connectivity index is 1.96. The molecule has 1 heterocycles. The zero-order valence-corrected chi connectivity index (χ0v) is 10.3. The van der Waals surface area contributed by atoms with E-state index in [-0.39, 0.29) is 5.76 Å². The molecule has 0 unspecified atom stereocenters. The predicted molar refractivity (Wildman–Crippen MR) is 60.1 cm³/mol. The average Bonchev–Trinajstić information content (AvgIpc) is 2.68. The second-order valence-electron chi connectivity index (χ2n) is 3.90. The van der Waals surface area contributed by atoms with Gasteiger partial charge in [-0.1, -0.05) is 6.42 Å². The normalized spacial score (nSPS) is 25.4. The van der Waals surface area contributed by atoms with Crippen LogP contribution in [0.1, 0.15) is 36.2 Å². The van der Waals surface area contributed by atoms with Crippen molar-refractivity contribution in [3.05, 3.63) is 22.6 Å². The molecule has 5 heteroatoms. The number of rotatable bonds is 2. The molecular formula is C11H13BrO4. The minimum absolute atomic E-state index is 0.157. The van der Waals surface area contributed by atoms with Crippen molar-refractivity contribution in [2.75, 3.05) is 0 Å². The fourth-order valence-corrected chi connectivity index (χ4v) is 2.14. The van der Waals surface area contributed by atoms with Crippen LogP contribution >= 0.6 is 15.9 Å². The smallest absolute Gasteiger partial charge is 0.374 e. The lowest BCUT2D eigenvalue weighted by molar-refractivity contribution is -0.0380. The van der Waals surface area contributed by atoms with Crippen molar-refractivity contribution in [1.82, 2.24) is 0 Å². The molecule has 0 radical (unpaired) electrons. The molecule has 1 fully saturated rings. The number of carbonyl (C=O) groups is 1. The number of furan rings is 1. The largest absolute Gasteiger partial charge is 0.454 e. The van der Waals surface area contributed by atoms with Gasteiger partial charge in [0.05, 0.1) is 6.10 Å². The molecule has 1 N–H and O–H groups in total. The highest BCUT2D eigenvalue weighted by atomic mass is 79.9. The second kappa shape index (κ2) is 5.01. The minimum Gasteiger partial charge on any atom is -0.454 e. The molecule has 4 nitrogen and oxygen atoms in total. The number of ether oxygens (including phenoxy) is 1. The summed E-state index contributed by atoms with van der Waals surface area (Å²) in [6, 6.07) is 3.18. The van der Waals surface area contributed by atoms with Crippen LogP contribution in [0.3, 0.4) is 0 Å². The molecule has 0 aliphatic heterocycles. The Bertz CT molecular complexity index is 374. The maximum atomic E-state index is 11.6. The first-order valence-electron chi connectivity index (χ1n) is 5.31. The minimum atomic E-state index is -0.545. The highest BCUT2D eigenvalue weighted by Gasteiger charge is 2.27. The van der Waals surface area contributed by atoms with Crippen LogP contribution in [0.25, 0.3) is 0 Å². The van der Waals surface area contributed by atoms with E-state index in [2.05, 4.69) is 15.9 Å². The van der Waals surface area contributed by atoms with Crippen molar-refractivity contribution in [2.24, 2.45) is 0 Å². The van der Waals surface area contributed by atoms with Crippen molar-refractivity contribution in [3.63, 3.8) is 0 Å². The van der Waals surface area contributed by atoms with E-state index in [4.69, 9.17) is 9.15 Å². The molecule has 88 valence electrons. The summed E-state index contributed by atoms with van der Waals surface area (Å²) < 4.78 is 10.8. The molecule has 0 bridgehead atoms. The van der Waals surface area contributed by atoms with Crippen molar-refractivity contribution >= 4 is 21.9 Å². The third-order valence-corrected chi connectivity index (χ3v) is 3.13. The Morgan fingerprint density at radius 1 is 1.44 bits per heavy atom. The van der Waals surface area contributed by atoms with Gasteiger partial charge < -0.3 is 14.3 Å². The summed E-state index contributed by atoms with van der Waals surface area (Å²) in [6.07, 6.45) is 2.44. The molecule has 1 aliphatic rings. The van der Waals surface area contributed by atoms with E-state index in [9.17, 15) is 9.90 Å². The van der Waals surface area contributed by atoms with Crippen LogP contribution in [0.5, 0.6) is 0 Å². The van der Waals surface area contributed by atoms with E-state index in [1.807, 2.05) is 0 Å². The summed E-state index contributed by atoms with van der Waals surface area (Å²) in [7, 11) is 0. The molecule has 16 heavy (non-hydrogen) atoms. The van der Waals surface area contributed by atoms with Gasteiger partial charge in [-0.2, -0.15) is 0 Å². The van der Waals surface area contributed by atoms with Gasteiger partial charge in [0, 0.05) is 0 Å². The number of hydrogen-bond acceptors (Lipinski definition) is 4. The van der Waals surface area contributed by atoms with E-state index in [1.54, 1.807) is 12.1 Å². The van der Waals surface area contributed by atoms with Gasteiger partial charge in [0.15, 0.2) is 4.67 Å². The number of aliphatic hydroxyl groups is 1. The van der Waals surface area contributed by atoms with Gasteiger partial charge >= 0.3 is 5.97 Å². The van der Waals surface area contributed by atoms with Gasteiger partial charge in [-0.3, -0.25) is 0 Å². The summed E-state index contributed by atoms with van der Waals surface area (Å²) in [5.74, 6) is -0.360. The standard InChI is InChI=1S/C11H13BrO4/c12-10-6-5-9(15-10)11(14)16-8-4-2-1-3-7(8)13/h5-8,13H,1-4H2/t7-,8-/m0/s1. The molecule has 0 saturated heterocycles. The number of esters is 1. The number of aliphatic hydroxyl groups excluding tert-OH is 1. The Kier molecular flexibility index (Phi) is 3.66. The monoisotopic (exact) mass is 288 g/mol. The zero-order chi connectivity index (χ0) is 11.5. The van der Waals surface area contributed by atoms with Crippen molar-refractivity contribution < 1.29 is 19.1 Å². The molecule has 1 aromatic heterocycles. The van der Waals surface area contributed by atoms with Gasteiger partial charge in [-0.05, 0) is 47.3 Å². The molecule has 0 aromatic carbocycles. The fourth-order valence-electron chi connectivity index (χ4n) is 1.83. The first kappa shape index (κ1) is 11.7. The quantitative estimate of drug-likeness (QED) is 0.850. The summed E-state index contributed by atoms with van der Waals surface area (Å²) >= 11 is 3.11. The van der Waals surface area contributed by atoms with Crippen molar-refractivity contribution in [1.29, 1.82) is 0 Å². The van der Waals surface area contributed by atoms with Gasteiger partial charge in [0.25, 0.3) is 0 Å². The Hall–Kier alpha value is -0.810. The van der Waals surface area contributed by atoms with Crippen LogP contribution in [0.4, 0.5) is 0 Å². The number of halogens is 1. The molecule has 0 spiro atoms. The third kappa shape index (κ3) is 2.65. The molecule has 1 saturated carbocycles. The van der Waals surface area contributed by atoms with Crippen LogP contribution in [0, 0.1) is 0 Å². The lowest BCUT2D eigenvalue weighted by Gasteiger charge is -2.26. The van der Waals surface area contributed by atoms with E-state index in [0.29, 0.717) is 11.1 Å². The summed E-state index contributed by atoms with van der Waals surface area (Å²) in [4.78, 5) is 11.6. The SMILES string of the molecule is O=C(O[C@H]1CCCC[C@@H]1O)c1ccc(Br)o1. The van der Waals surface area contributed by atoms with E-state index >= 15 is 0 Å². The molecule has 0 amide bonds. The molecule has 1 aromatic rings. The van der Waals surface area contributed by atoms with E-state index in [0.717, 1.165) is 19.3 Å². The third-order valence-electron chi connectivity index (χ3n) is 2.70. The zero-order valence-electron chi connectivity index (χ0n) is 8.69. The maximum absolute atomic E-state index is 11.6. The second-order valence-corrected chi connectivity index (χ2v) is 4.68. The van der Waals surface area contributed by atoms with Crippen LogP contribution in [0.15, 0.2) is 21.2 Å². The number of carbonyl (C=O) groups excluding carboxylic acids is 1. The lowest BCUT2D eigenvalue weighted by Crippen LogP contribution is -2.34. The first-order valence-corrected chi connectivity index (χ1v) is 6.10. The topological polar surface area (TPSA) is 59.7 Å². The van der Waals surface area contributed by atoms with E-state index < -0.39 is 18.2 Å². The van der Waals surface area contributed by atoms with Crippen LogP contribution in [0.2, 0.25) is 0 Å². The Morgan fingerprint density at radius 2 is 2.19 bits per heavy atom. The van der Waals surface area contributed by atoms with Gasteiger partial charge in [-0.15, -0.1) is 0 Å². The van der Waals surface area contributed by atoms with Gasteiger partial charge in [0.2, 0.25) is 5.76 Å². The predicted octanol–water partition coefficient (Wildman–Crippen LogP) is 2.50. The van der Waals surface area contributed by atoms with Gasteiger partial charge in [-0.25, -0.2) is 4.79 Å². The Morgan fingerprint density at radius 3 is 2.81 bits per heavy atom. The summed E-state index contributed by atoms with van der Waals surface area (Å²) in [6.45, 7) is 0. The van der Waals surface area contributed by atoms with Crippen molar-refractivity contribution in [2.45, 2.75) is 37.9 Å². The molecular weight excluding hydrogens is 276 g/mol. The van der Waals surface area contributed by atoms with E-state index in [1.165, 1.54) is 0 Å². The summed E-state index contributed by atoms with van der Waals surface area (Å²) in [5.41, 5.74) is 0. The van der Waals surface area contributed by atoms with Crippen LogP contribution < -0.4 is 0 Å². The molecule has 1 aliphatic carbocycles. The van der Waals surface area contributed by atoms with Gasteiger partial charge in [0.1, 0.15) is 6.10 Å². The van der Waals surface area contributed by atoms with Crippen molar-refractivity contribution in [3.8, 4) is 0 Å². The Labute approximate surface area is 102 Å². The molecule has 2 rings (SSSR count). The van der Waals surface area contributed by atoms with Crippen LogP contribution in [-0.2, 0) is 4.74 Å². The number of hydrogen-bond donors (Lipinski definition) is 1.